The maximum Gasteiger partial charge on any atom is 0.321 e. The Hall–Kier alpha value is -4.99. The molecule has 2 aliphatic heterocycles. The quantitative estimate of drug-likeness (QED) is 0.172. The second-order valence-electron chi connectivity index (χ2n) is 17.4. The number of nitrogens with one attached hydrogen (secondary N) is 2. The molecular weight excluding hydrogens is 689 g/mol. The van der Waals surface area contributed by atoms with Gasteiger partial charge in [-0.3, -0.25) is 9.59 Å². The lowest BCUT2D eigenvalue weighted by molar-refractivity contribution is -0.157. The molecule has 4 amide bonds. The number of benzene rings is 4. The Labute approximate surface area is 326 Å². The molecule has 4 atom stereocenters. The van der Waals surface area contributed by atoms with E-state index in [1.807, 2.05) is 138 Å². The zero-order valence-corrected chi connectivity index (χ0v) is 33.5. The summed E-state index contributed by atoms with van der Waals surface area (Å²) in [5.74, 6) is -1.26. The van der Waals surface area contributed by atoms with Crippen LogP contribution in [0.15, 0.2) is 109 Å². The van der Waals surface area contributed by atoms with Gasteiger partial charge >= 0.3 is 6.03 Å². The fourth-order valence-electron chi connectivity index (χ4n) is 7.59. The Morgan fingerprint density at radius 1 is 0.582 bits per heavy atom. The minimum absolute atomic E-state index is 0.171. The summed E-state index contributed by atoms with van der Waals surface area (Å²) in [7, 11) is 0. The number of fused-ring (bicyclic) bond motifs is 1. The molecule has 0 radical (unpaired) electrons. The van der Waals surface area contributed by atoms with E-state index in [2.05, 4.69) is 34.9 Å². The highest BCUT2D eigenvalue weighted by molar-refractivity contribution is 5.95. The second-order valence-corrected chi connectivity index (χ2v) is 17.4. The van der Waals surface area contributed by atoms with E-state index in [9.17, 15) is 9.59 Å². The van der Waals surface area contributed by atoms with E-state index in [0.717, 1.165) is 22.3 Å². The van der Waals surface area contributed by atoms with Gasteiger partial charge in [0.25, 0.3) is 11.8 Å². The van der Waals surface area contributed by atoms with Crippen LogP contribution in [0.25, 0.3) is 0 Å². The minimum Gasteiger partial charge on any atom is -0.347 e. The van der Waals surface area contributed by atoms with E-state index < -0.39 is 41.2 Å². The summed E-state index contributed by atoms with van der Waals surface area (Å²) in [6.45, 7) is 16.1. The number of carbonyl (C=O) groups excluding carboxylic acids is 3. The summed E-state index contributed by atoms with van der Waals surface area (Å²) in [6.07, 6.45) is 0.112. The Morgan fingerprint density at radius 3 is 1.31 bits per heavy atom. The number of hydrogen-bond acceptors (Lipinski definition) is 5. The third-order valence-electron chi connectivity index (χ3n) is 9.85. The van der Waals surface area contributed by atoms with Crippen LogP contribution in [-0.4, -0.2) is 68.8 Å². The van der Waals surface area contributed by atoms with Crippen LogP contribution in [0.5, 0.6) is 0 Å². The molecule has 0 unspecified atom stereocenters. The summed E-state index contributed by atoms with van der Waals surface area (Å²) >= 11 is 0. The van der Waals surface area contributed by atoms with Gasteiger partial charge in [0.2, 0.25) is 0 Å². The third kappa shape index (κ3) is 10.2. The van der Waals surface area contributed by atoms with Gasteiger partial charge in [-0.05, 0) is 115 Å². The minimum atomic E-state index is -0.910. The van der Waals surface area contributed by atoms with E-state index in [1.165, 1.54) is 0 Å². The van der Waals surface area contributed by atoms with E-state index in [0.29, 0.717) is 24.0 Å². The average molecular weight is 745 g/mol. The highest BCUT2D eigenvalue weighted by Gasteiger charge is 2.55. The molecule has 0 aliphatic carbocycles. The van der Waals surface area contributed by atoms with Crippen molar-refractivity contribution in [2.75, 3.05) is 0 Å². The first-order valence-corrected chi connectivity index (χ1v) is 19.3. The van der Waals surface area contributed by atoms with Crippen LogP contribution < -0.4 is 10.6 Å². The number of rotatable bonds is 10. The fraction of sp³-hybridized carbons (Fsp3) is 0.413. The van der Waals surface area contributed by atoms with Crippen LogP contribution in [-0.2, 0) is 35.4 Å². The van der Waals surface area contributed by atoms with Gasteiger partial charge < -0.3 is 29.9 Å². The molecule has 6 rings (SSSR count). The lowest BCUT2D eigenvalue weighted by atomic mass is 9.90. The molecule has 0 spiro atoms. The number of urea groups is 1. The first-order valence-electron chi connectivity index (χ1n) is 19.3. The van der Waals surface area contributed by atoms with Crippen molar-refractivity contribution in [2.24, 2.45) is 0 Å². The highest BCUT2D eigenvalue weighted by atomic mass is 16.8. The van der Waals surface area contributed by atoms with Crippen molar-refractivity contribution < 1.29 is 23.9 Å². The Balaban J connectivity index is 1.47. The van der Waals surface area contributed by atoms with Crippen molar-refractivity contribution in [1.82, 2.24) is 20.4 Å². The molecule has 0 bridgehead atoms. The second kappa shape index (κ2) is 16.0. The zero-order chi connectivity index (χ0) is 39.5. The van der Waals surface area contributed by atoms with Crippen LogP contribution in [0.2, 0.25) is 0 Å². The molecule has 290 valence electrons. The summed E-state index contributed by atoms with van der Waals surface area (Å²) in [5.41, 5.74) is 4.03. The molecular formula is C46H56N4O5. The number of carbonyl (C=O) groups is 3. The summed E-state index contributed by atoms with van der Waals surface area (Å²) in [5, 5.41) is 6.12. The lowest BCUT2D eigenvalue weighted by Crippen LogP contribution is -2.51. The molecule has 9 nitrogen and oxygen atoms in total. The normalized spacial score (nSPS) is 21.1. The van der Waals surface area contributed by atoms with Crippen molar-refractivity contribution >= 4 is 17.8 Å². The van der Waals surface area contributed by atoms with E-state index in [-0.39, 0.29) is 30.9 Å². The Bertz CT molecular complexity index is 1830. The third-order valence-corrected chi connectivity index (χ3v) is 9.85. The van der Waals surface area contributed by atoms with Crippen molar-refractivity contribution in [3.63, 3.8) is 0 Å². The highest BCUT2D eigenvalue weighted by Crippen LogP contribution is 2.40. The zero-order valence-electron chi connectivity index (χ0n) is 33.5. The van der Waals surface area contributed by atoms with Gasteiger partial charge in [0.05, 0.1) is 12.1 Å². The molecule has 0 saturated carbocycles. The van der Waals surface area contributed by atoms with Gasteiger partial charge in [-0.25, -0.2) is 4.79 Å². The van der Waals surface area contributed by atoms with Crippen LogP contribution >= 0.6 is 0 Å². The summed E-state index contributed by atoms with van der Waals surface area (Å²) < 4.78 is 13.7. The Morgan fingerprint density at radius 2 is 0.945 bits per heavy atom. The molecule has 2 saturated heterocycles. The smallest absolute Gasteiger partial charge is 0.321 e. The first-order chi connectivity index (χ1) is 25.9. The molecule has 4 aromatic carbocycles. The van der Waals surface area contributed by atoms with E-state index >= 15 is 4.79 Å². The molecule has 55 heavy (non-hydrogen) atoms. The van der Waals surface area contributed by atoms with Gasteiger partial charge in [-0.15, -0.1) is 0 Å². The van der Waals surface area contributed by atoms with E-state index in [4.69, 9.17) is 9.47 Å². The SMILES string of the molecule is CC(C)(C)NC(=O)c1cccc(CN2C(=O)N(Cc3cccc(C(=O)NC(C)(C)C)c3)[C@H](Cc3ccccc3)[C@@H]3OC(C)(C)O[C@H]3[C@H]2Cc2ccccc2)c1. The fourth-order valence-corrected chi connectivity index (χ4v) is 7.59. The molecule has 2 fully saturated rings. The topological polar surface area (TPSA) is 100 Å². The van der Waals surface area contributed by atoms with Gasteiger partial charge in [-0.1, -0.05) is 84.9 Å². The monoisotopic (exact) mass is 744 g/mol. The summed E-state index contributed by atoms with van der Waals surface area (Å²) in [6, 6.07) is 34.3. The van der Waals surface area contributed by atoms with Crippen LogP contribution in [0.1, 0.15) is 98.4 Å². The largest absolute Gasteiger partial charge is 0.347 e. The maximum absolute atomic E-state index is 15.5. The summed E-state index contributed by atoms with van der Waals surface area (Å²) in [4.78, 5) is 46.0. The van der Waals surface area contributed by atoms with Crippen LogP contribution in [0.4, 0.5) is 4.79 Å². The number of hydrogen-bond donors (Lipinski definition) is 2. The molecule has 2 N–H and O–H groups in total. The van der Waals surface area contributed by atoms with Crippen LogP contribution in [0, 0.1) is 0 Å². The van der Waals surface area contributed by atoms with Crippen molar-refractivity contribution in [3.8, 4) is 0 Å². The Kier molecular flexibility index (Phi) is 11.6. The molecule has 2 heterocycles. The number of ether oxygens (including phenoxy) is 2. The van der Waals surface area contributed by atoms with Gasteiger partial charge in [0.15, 0.2) is 5.79 Å². The van der Waals surface area contributed by atoms with Crippen LogP contribution in [0.3, 0.4) is 0 Å². The molecule has 9 heteroatoms. The molecule has 0 aromatic heterocycles. The van der Waals surface area contributed by atoms with E-state index in [1.54, 1.807) is 12.1 Å². The average Bonchev–Trinajstić information content (AvgIpc) is 3.42. The number of nitrogens with zero attached hydrogens (tertiary/aromatic N) is 2. The molecule has 4 aromatic rings. The van der Waals surface area contributed by atoms with Crippen molar-refractivity contribution in [2.45, 2.75) is 122 Å². The van der Waals surface area contributed by atoms with Crippen molar-refractivity contribution in [3.05, 3.63) is 143 Å². The number of amides is 4. The van der Waals surface area contributed by atoms with Crippen molar-refractivity contribution in [1.29, 1.82) is 0 Å². The predicted molar refractivity (Wildman–Crippen MR) is 215 cm³/mol. The van der Waals surface area contributed by atoms with Gasteiger partial charge in [0.1, 0.15) is 12.2 Å². The molecule has 2 aliphatic rings. The lowest BCUT2D eigenvalue weighted by Gasteiger charge is -2.37. The predicted octanol–water partition coefficient (Wildman–Crippen LogP) is 7.92. The standard InChI is InChI=1S/C46H56N4O5/c1-44(2,3)47-41(51)35-23-15-21-33(25-35)29-49-37(27-31-17-11-9-12-18-31)39-40(55-46(7,8)54-39)38(28-32-19-13-10-14-20-32)50(43(49)53)30-34-22-16-24-36(26-34)42(52)48-45(4,5)6/h9-26,37-40H,27-30H2,1-8H3,(H,47,51)(H,48,52)/t37-,38-,39+,40+/m1/s1. The maximum atomic E-state index is 15.5. The first kappa shape index (κ1) is 39.7. The van der Waals surface area contributed by atoms with Gasteiger partial charge in [-0.2, -0.15) is 0 Å². The van der Waals surface area contributed by atoms with Gasteiger partial charge in [0, 0.05) is 35.3 Å².